The smallest absolute Gasteiger partial charge is 0.220 e. The van der Waals surface area contributed by atoms with Crippen molar-refractivity contribution in [1.82, 2.24) is 24.9 Å². The highest BCUT2D eigenvalue weighted by molar-refractivity contribution is 5.76. The van der Waals surface area contributed by atoms with E-state index in [4.69, 9.17) is 5.26 Å². The maximum Gasteiger partial charge on any atom is 0.220 e. The second-order valence-corrected chi connectivity index (χ2v) is 7.75. The summed E-state index contributed by atoms with van der Waals surface area (Å²) in [5, 5.41) is 20.9. The van der Waals surface area contributed by atoms with Crippen LogP contribution in [0.5, 0.6) is 0 Å². The molecule has 3 aromatic rings. The molecule has 0 unspecified atom stereocenters. The van der Waals surface area contributed by atoms with Crippen molar-refractivity contribution in [1.29, 1.82) is 5.26 Å². The first kappa shape index (κ1) is 22.3. The zero-order valence-corrected chi connectivity index (χ0v) is 18.6. The third kappa shape index (κ3) is 5.82. The van der Waals surface area contributed by atoms with E-state index in [9.17, 15) is 4.79 Å². The van der Waals surface area contributed by atoms with Crippen LogP contribution in [0.1, 0.15) is 47.5 Å². The molecule has 0 saturated carbocycles. The summed E-state index contributed by atoms with van der Waals surface area (Å²) in [6, 6.07) is 12.2. The van der Waals surface area contributed by atoms with Crippen molar-refractivity contribution in [3.05, 3.63) is 64.7 Å². The normalized spacial score (nSPS) is 10.8. The summed E-state index contributed by atoms with van der Waals surface area (Å²) in [5.41, 5.74) is 6.37. The first-order valence-corrected chi connectivity index (χ1v) is 10.8. The van der Waals surface area contributed by atoms with Crippen molar-refractivity contribution in [2.24, 2.45) is 0 Å². The molecule has 0 aliphatic rings. The second kappa shape index (κ2) is 10.6. The van der Waals surface area contributed by atoms with Crippen molar-refractivity contribution in [2.45, 2.75) is 59.4 Å². The van der Waals surface area contributed by atoms with E-state index >= 15 is 0 Å². The third-order valence-corrected chi connectivity index (χ3v) is 5.54. The van der Waals surface area contributed by atoms with Gasteiger partial charge in [0.05, 0.1) is 36.1 Å². The fourth-order valence-electron chi connectivity index (χ4n) is 3.76. The fraction of sp³-hybridized carbons (Fsp3) is 0.417. The molecule has 0 atom stereocenters. The van der Waals surface area contributed by atoms with Gasteiger partial charge in [-0.15, -0.1) is 0 Å². The van der Waals surface area contributed by atoms with Crippen LogP contribution >= 0.6 is 0 Å². The van der Waals surface area contributed by atoms with Crippen LogP contribution in [-0.2, 0) is 24.2 Å². The predicted molar refractivity (Wildman–Crippen MR) is 120 cm³/mol. The Morgan fingerprint density at radius 1 is 1.10 bits per heavy atom. The molecule has 1 aromatic carbocycles. The zero-order valence-electron chi connectivity index (χ0n) is 18.6. The number of para-hydroxylation sites is 1. The number of hydrogen-bond acceptors (Lipinski definition) is 4. The number of aromatic nitrogens is 4. The molecule has 7 heteroatoms. The van der Waals surface area contributed by atoms with Gasteiger partial charge in [0.15, 0.2) is 0 Å². The molecule has 0 spiro atoms. The van der Waals surface area contributed by atoms with Crippen LogP contribution in [0.2, 0.25) is 0 Å². The Morgan fingerprint density at radius 2 is 1.87 bits per heavy atom. The third-order valence-electron chi connectivity index (χ3n) is 5.54. The van der Waals surface area contributed by atoms with Crippen LogP contribution in [-0.4, -0.2) is 32.0 Å². The van der Waals surface area contributed by atoms with Gasteiger partial charge in [-0.3, -0.25) is 9.48 Å². The van der Waals surface area contributed by atoms with Gasteiger partial charge in [-0.2, -0.15) is 15.5 Å². The summed E-state index contributed by atoms with van der Waals surface area (Å²) < 4.78 is 3.77. The first-order valence-electron chi connectivity index (χ1n) is 10.8. The summed E-state index contributed by atoms with van der Waals surface area (Å²) in [4.78, 5) is 12.3. The van der Waals surface area contributed by atoms with E-state index in [-0.39, 0.29) is 5.91 Å². The van der Waals surface area contributed by atoms with Crippen LogP contribution in [0.4, 0.5) is 0 Å². The average molecular weight is 419 g/mol. The minimum absolute atomic E-state index is 0.0558. The van der Waals surface area contributed by atoms with Crippen molar-refractivity contribution in [3.63, 3.8) is 0 Å². The summed E-state index contributed by atoms with van der Waals surface area (Å²) in [7, 11) is 0. The van der Waals surface area contributed by atoms with Gasteiger partial charge in [0.25, 0.3) is 0 Å². The molecule has 3 rings (SSSR count). The minimum Gasteiger partial charge on any atom is -0.356 e. The largest absolute Gasteiger partial charge is 0.356 e. The molecule has 1 amide bonds. The molecule has 7 nitrogen and oxygen atoms in total. The van der Waals surface area contributed by atoms with Gasteiger partial charge in [-0.1, -0.05) is 18.2 Å². The van der Waals surface area contributed by atoms with E-state index in [2.05, 4.69) is 27.8 Å². The molecule has 0 aliphatic heterocycles. The van der Waals surface area contributed by atoms with Crippen LogP contribution < -0.4 is 5.32 Å². The fourth-order valence-corrected chi connectivity index (χ4v) is 3.76. The van der Waals surface area contributed by atoms with E-state index in [0.29, 0.717) is 32.4 Å². The lowest BCUT2D eigenvalue weighted by Crippen LogP contribution is -2.25. The molecule has 0 bridgehead atoms. The van der Waals surface area contributed by atoms with Gasteiger partial charge >= 0.3 is 0 Å². The number of carbonyl (C=O) groups is 1. The Hall–Kier alpha value is -3.40. The zero-order chi connectivity index (χ0) is 22.2. The Morgan fingerprint density at radius 3 is 2.61 bits per heavy atom. The lowest BCUT2D eigenvalue weighted by Gasteiger charge is -2.06. The molecule has 0 fully saturated rings. The van der Waals surface area contributed by atoms with E-state index in [1.165, 1.54) is 5.56 Å². The lowest BCUT2D eigenvalue weighted by atomic mass is 10.1. The van der Waals surface area contributed by atoms with E-state index in [1.54, 1.807) is 0 Å². The maximum absolute atomic E-state index is 12.3. The molecule has 0 saturated heterocycles. The quantitative estimate of drug-likeness (QED) is 0.510. The molecule has 162 valence electrons. The molecular weight excluding hydrogens is 388 g/mol. The molecule has 1 N–H and O–H groups in total. The molecule has 0 radical (unpaired) electrons. The number of nitrogens with one attached hydrogen (secondary N) is 1. The molecule has 0 aliphatic carbocycles. The lowest BCUT2D eigenvalue weighted by molar-refractivity contribution is -0.121. The minimum atomic E-state index is 0.0558. The number of carbonyl (C=O) groups excluding carboxylic acids is 1. The first-order chi connectivity index (χ1) is 15.0. The van der Waals surface area contributed by atoms with Crippen LogP contribution in [0.15, 0.2) is 36.5 Å². The maximum atomic E-state index is 12.3. The number of nitriles is 1. The highest BCUT2D eigenvalue weighted by atomic mass is 16.1. The second-order valence-electron chi connectivity index (χ2n) is 7.75. The van der Waals surface area contributed by atoms with Gasteiger partial charge in [0.2, 0.25) is 5.91 Å². The predicted octanol–water partition coefficient (Wildman–Crippen LogP) is 3.59. The number of benzene rings is 1. The van der Waals surface area contributed by atoms with Gasteiger partial charge in [-0.05, 0) is 63.3 Å². The van der Waals surface area contributed by atoms with Crippen molar-refractivity contribution < 1.29 is 4.79 Å². The Bertz CT molecular complexity index is 1060. The van der Waals surface area contributed by atoms with Crippen molar-refractivity contribution in [2.75, 3.05) is 6.54 Å². The standard InChI is InChI=1S/C24H30N6O/c1-18-21(17-30(27-18)22-10-5-4-6-11-22)9-7-15-26-24(31)13-12-23-19(2)28-29(20(23)3)16-8-14-25/h4-6,10-11,17H,7-9,12-13,15-16H2,1-3H3,(H,26,31). The molecule has 31 heavy (non-hydrogen) atoms. The number of amides is 1. The number of hydrogen-bond donors (Lipinski definition) is 1. The number of rotatable bonds is 10. The van der Waals surface area contributed by atoms with E-state index in [0.717, 1.165) is 41.2 Å². The summed E-state index contributed by atoms with van der Waals surface area (Å²) >= 11 is 0. The summed E-state index contributed by atoms with van der Waals surface area (Å²) in [6.07, 6.45) is 5.36. The summed E-state index contributed by atoms with van der Waals surface area (Å²) in [5.74, 6) is 0.0558. The highest BCUT2D eigenvalue weighted by Gasteiger charge is 2.13. The van der Waals surface area contributed by atoms with E-state index < -0.39 is 0 Å². The topological polar surface area (TPSA) is 88.5 Å². The van der Waals surface area contributed by atoms with Gasteiger partial charge in [0.1, 0.15) is 0 Å². The van der Waals surface area contributed by atoms with Gasteiger partial charge in [-0.25, -0.2) is 4.68 Å². The number of nitrogens with zero attached hydrogens (tertiary/aromatic N) is 5. The van der Waals surface area contributed by atoms with E-state index in [1.807, 2.05) is 60.5 Å². The van der Waals surface area contributed by atoms with Gasteiger partial charge in [0, 0.05) is 24.9 Å². The van der Waals surface area contributed by atoms with Crippen LogP contribution in [0.25, 0.3) is 5.69 Å². The van der Waals surface area contributed by atoms with Gasteiger partial charge < -0.3 is 5.32 Å². The molecular formula is C24H30N6O. The van der Waals surface area contributed by atoms with Crippen molar-refractivity contribution >= 4 is 5.91 Å². The summed E-state index contributed by atoms with van der Waals surface area (Å²) in [6.45, 7) is 7.22. The number of aryl methyl sites for hydroxylation is 4. The monoisotopic (exact) mass is 418 g/mol. The molecule has 2 heterocycles. The Labute approximate surface area is 183 Å². The van der Waals surface area contributed by atoms with Crippen LogP contribution in [0, 0.1) is 32.1 Å². The van der Waals surface area contributed by atoms with Crippen molar-refractivity contribution in [3.8, 4) is 11.8 Å². The highest BCUT2D eigenvalue weighted by Crippen LogP contribution is 2.16. The van der Waals surface area contributed by atoms with Crippen LogP contribution in [0.3, 0.4) is 0 Å². The Kier molecular flexibility index (Phi) is 7.60. The molecule has 2 aromatic heterocycles. The average Bonchev–Trinajstić information content (AvgIpc) is 3.27. The SMILES string of the molecule is Cc1nn(-c2ccccc2)cc1CCCNC(=O)CCc1c(C)nn(CCC#N)c1C. The Balaban J connectivity index is 1.43.